The molecule has 86 valence electrons. The molecular formula is C10H10Cl3N3. The van der Waals surface area contributed by atoms with Gasteiger partial charge in [0.15, 0.2) is 0 Å². The summed E-state index contributed by atoms with van der Waals surface area (Å²) in [6, 6.07) is 5.33. The number of nitrogens with zero attached hydrogens (tertiary/aromatic N) is 1. The zero-order valence-electron chi connectivity index (χ0n) is 8.42. The van der Waals surface area contributed by atoms with Crippen LogP contribution >= 0.6 is 35.6 Å². The summed E-state index contributed by atoms with van der Waals surface area (Å²) >= 11 is 11.8. The van der Waals surface area contributed by atoms with Crippen LogP contribution in [0.5, 0.6) is 0 Å². The highest BCUT2D eigenvalue weighted by Crippen LogP contribution is 2.30. The minimum atomic E-state index is 0. The lowest BCUT2D eigenvalue weighted by molar-refractivity contribution is 1.24. The number of aryl methyl sites for hydroxylation is 1. The van der Waals surface area contributed by atoms with Gasteiger partial charge in [-0.15, -0.1) is 12.4 Å². The van der Waals surface area contributed by atoms with Crippen molar-refractivity contribution in [1.82, 2.24) is 4.98 Å². The highest BCUT2D eigenvalue weighted by Gasteiger charge is 2.06. The highest BCUT2D eigenvalue weighted by molar-refractivity contribution is 6.42. The summed E-state index contributed by atoms with van der Waals surface area (Å²) < 4.78 is 0. The van der Waals surface area contributed by atoms with Crippen LogP contribution < -0.4 is 11.3 Å². The normalized spacial score (nSPS) is 10.0. The number of pyridine rings is 1. The molecule has 3 nitrogen and oxygen atoms in total. The van der Waals surface area contributed by atoms with Gasteiger partial charge in [0.25, 0.3) is 0 Å². The second-order valence-electron chi connectivity index (χ2n) is 3.24. The predicted molar refractivity (Wildman–Crippen MR) is 71.6 cm³/mol. The third kappa shape index (κ3) is 2.33. The Morgan fingerprint density at radius 2 is 1.81 bits per heavy atom. The Morgan fingerprint density at radius 3 is 2.44 bits per heavy atom. The number of aromatic nitrogens is 1. The Balaban J connectivity index is 0.00000128. The zero-order chi connectivity index (χ0) is 11.0. The van der Waals surface area contributed by atoms with Crippen molar-refractivity contribution in [3.8, 4) is 0 Å². The molecule has 1 aromatic carbocycles. The molecule has 0 atom stereocenters. The number of fused-ring (bicyclic) bond motifs is 1. The molecule has 0 aliphatic heterocycles. The van der Waals surface area contributed by atoms with E-state index in [2.05, 4.69) is 10.4 Å². The quantitative estimate of drug-likeness (QED) is 0.619. The third-order valence-corrected chi connectivity index (χ3v) is 2.86. The SMILES string of the molecule is Cc1cc(NN)c2cc(Cl)c(Cl)cc2n1.Cl. The van der Waals surface area contributed by atoms with Gasteiger partial charge in [-0.3, -0.25) is 10.8 Å². The molecule has 1 aromatic heterocycles. The zero-order valence-corrected chi connectivity index (χ0v) is 10.7. The fourth-order valence-corrected chi connectivity index (χ4v) is 1.79. The van der Waals surface area contributed by atoms with Gasteiger partial charge in [0, 0.05) is 11.1 Å². The van der Waals surface area contributed by atoms with E-state index in [4.69, 9.17) is 29.0 Å². The summed E-state index contributed by atoms with van der Waals surface area (Å²) in [5, 5.41) is 1.84. The lowest BCUT2D eigenvalue weighted by atomic mass is 10.1. The number of benzene rings is 1. The Hall–Kier alpha value is -0.740. The van der Waals surface area contributed by atoms with Crippen molar-refractivity contribution in [2.24, 2.45) is 5.84 Å². The molecule has 0 spiro atoms. The number of hydrazine groups is 1. The largest absolute Gasteiger partial charge is 0.323 e. The lowest BCUT2D eigenvalue weighted by Crippen LogP contribution is -2.07. The first-order chi connectivity index (χ1) is 7.11. The minimum absolute atomic E-state index is 0. The number of nitrogens with two attached hydrogens (primary N) is 1. The molecule has 16 heavy (non-hydrogen) atoms. The summed E-state index contributed by atoms with van der Waals surface area (Å²) in [6.45, 7) is 1.89. The van der Waals surface area contributed by atoms with Gasteiger partial charge in [-0.1, -0.05) is 23.2 Å². The first-order valence-corrected chi connectivity index (χ1v) is 5.10. The van der Waals surface area contributed by atoms with Crippen molar-refractivity contribution in [2.45, 2.75) is 6.92 Å². The number of hydrogen-bond acceptors (Lipinski definition) is 3. The summed E-state index contributed by atoms with van der Waals surface area (Å²) in [7, 11) is 0. The second-order valence-corrected chi connectivity index (χ2v) is 4.05. The summed E-state index contributed by atoms with van der Waals surface area (Å²) in [6.07, 6.45) is 0. The molecule has 3 N–H and O–H groups in total. The van der Waals surface area contributed by atoms with Crippen molar-refractivity contribution < 1.29 is 0 Å². The minimum Gasteiger partial charge on any atom is -0.323 e. The number of anilines is 1. The van der Waals surface area contributed by atoms with E-state index in [9.17, 15) is 0 Å². The molecule has 0 radical (unpaired) electrons. The van der Waals surface area contributed by atoms with E-state index < -0.39 is 0 Å². The van der Waals surface area contributed by atoms with Gasteiger partial charge in [-0.2, -0.15) is 0 Å². The van der Waals surface area contributed by atoms with Gasteiger partial charge in [0.2, 0.25) is 0 Å². The van der Waals surface area contributed by atoms with E-state index in [-0.39, 0.29) is 12.4 Å². The van der Waals surface area contributed by atoms with Crippen LogP contribution in [-0.4, -0.2) is 4.98 Å². The number of nitrogen functional groups attached to an aromatic ring is 1. The topological polar surface area (TPSA) is 50.9 Å². The molecule has 2 aromatic rings. The van der Waals surface area contributed by atoms with Crippen molar-refractivity contribution >= 4 is 52.2 Å². The molecule has 0 amide bonds. The van der Waals surface area contributed by atoms with Crippen molar-refractivity contribution in [2.75, 3.05) is 5.43 Å². The molecule has 2 rings (SSSR count). The van der Waals surface area contributed by atoms with Crippen LogP contribution in [0.3, 0.4) is 0 Å². The average molecular weight is 279 g/mol. The summed E-state index contributed by atoms with van der Waals surface area (Å²) in [4.78, 5) is 4.35. The van der Waals surface area contributed by atoms with Crippen LogP contribution in [0.1, 0.15) is 5.69 Å². The van der Waals surface area contributed by atoms with Crippen LogP contribution in [0.4, 0.5) is 5.69 Å². The molecule has 0 saturated heterocycles. The monoisotopic (exact) mass is 277 g/mol. The maximum absolute atomic E-state index is 5.93. The molecule has 6 heteroatoms. The van der Waals surface area contributed by atoms with Gasteiger partial charge >= 0.3 is 0 Å². The van der Waals surface area contributed by atoms with Crippen molar-refractivity contribution in [3.63, 3.8) is 0 Å². The molecule has 0 aliphatic carbocycles. The van der Waals surface area contributed by atoms with E-state index >= 15 is 0 Å². The van der Waals surface area contributed by atoms with Gasteiger partial charge in [-0.05, 0) is 25.1 Å². The van der Waals surface area contributed by atoms with E-state index in [1.807, 2.05) is 13.0 Å². The maximum atomic E-state index is 5.93. The molecule has 0 fully saturated rings. The van der Waals surface area contributed by atoms with E-state index in [1.54, 1.807) is 12.1 Å². The number of hydrogen-bond donors (Lipinski definition) is 2. The first kappa shape index (κ1) is 13.3. The van der Waals surface area contributed by atoms with Crippen molar-refractivity contribution in [3.05, 3.63) is 33.9 Å². The van der Waals surface area contributed by atoms with Crippen LogP contribution in [0.15, 0.2) is 18.2 Å². The predicted octanol–water partition coefficient (Wildman–Crippen LogP) is 3.56. The Morgan fingerprint density at radius 1 is 1.19 bits per heavy atom. The van der Waals surface area contributed by atoms with Gasteiger partial charge in [-0.25, -0.2) is 0 Å². The van der Waals surface area contributed by atoms with E-state index in [0.29, 0.717) is 10.0 Å². The smallest absolute Gasteiger partial charge is 0.0742 e. The molecule has 0 unspecified atom stereocenters. The molecule has 0 saturated carbocycles. The average Bonchev–Trinajstić information content (AvgIpc) is 2.19. The van der Waals surface area contributed by atoms with Crippen molar-refractivity contribution in [1.29, 1.82) is 0 Å². The first-order valence-electron chi connectivity index (χ1n) is 4.35. The molecular weight excluding hydrogens is 268 g/mol. The van der Waals surface area contributed by atoms with Crippen LogP contribution in [-0.2, 0) is 0 Å². The molecule has 0 bridgehead atoms. The van der Waals surface area contributed by atoms with Gasteiger partial charge in [0.1, 0.15) is 0 Å². The number of nitrogens with one attached hydrogen (secondary N) is 1. The van der Waals surface area contributed by atoms with Gasteiger partial charge < -0.3 is 5.43 Å². The van der Waals surface area contributed by atoms with E-state index in [1.165, 1.54) is 0 Å². The fourth-order valence-electron chi connectivity index (χ4n) is 1.47. The second kappa shape index (κ2) is 5.06. The van der Waals surface area contributed by atoms with E-state index in [0.717, 1.165) is 22.3 Å². The Kier molecular flexibility index (Phi) is 4.21. The Labute approximate surface area is 109 Å². The molecule has 1 heterocycles. The maximum Gasteiger partial charge on any atom is 0.0742 e. The van der Waals surface area contributed by atoms with Crippen LogP contribution in [0.2, 0.25) is 10.0 Å². The third-order valence-electron chi connectivity index (χ3n) is 2.13. The number of halogens is 3. The number of rotatable bonds is 1. The lowest BCUT2D eigenvalue weighted by Gasteiger charge is -2.08. The highest BCUT2D eigenvalue weighted by atomic mass is 35.5. The Bertz CT molecular complexity index is 528. The van der Waals surface area contributed by atoms with Crippen LogP contribution in [0, 0.1) is 6.92 Å². The fraction of sp³-hybridized carbons (Fsp3) is 0.100. The van der Waals surface area contributed by atoms with Gasteiger partial charge in [0.05, 0.1) is 21.2 Å². The molecule has 0 aliphatic rings. The van der Waals surface area contributed by atoms with Crippen LogP contribution in [0.25, 0.3) is 10.9 Å². The standard InChI is InChI=1S/C10H9Cl2N3.ClH/c1-5-2-10(15-13)6-3-7(11)8(12)4-9(6)14-5;/h2-4H,13H2,1H3,(H,14,15);1H. The summed E-state index contributed by atoms with van der Waals surface area (Å²) in [5.74, 6) is 5.42. The summed E-state index contributed by atoms with van der Waals surface area (Å²) in [5.41, 5.74) is 5.05.